The third-order valence-electron chi connectivity index (χ3n) is 6.35. The SMILES string of the molecule is O=C(NCc1cc(F)cc(F)c1)[C@H]1CC(=O)N(c2ccc3c(c2)CCN3C(=O)C2CC2)C1. The van der Waals surface area contributed by atoms with Crippen LogP contribution in [0.5, 0.6) is 0 Å². The van der Waals surface area contributed by atoms with Gasteiger partial charge in [-0.3, -0.25) is 14.4 Å². The number of fused-ring (bicyclic) bond motifs is 1. The molecule has 0 unspecified atom stereocenters. The first kappa shape index (κ1) is 20.6. The normalized spacial score (nSPS) is 19.9. The standard InChI is InChI=1S/C24H23F2N3O3/c25-18-7-14(8-19(26)11-18)12-27-23(31)17-10-22(30)29(13-17)20-3-4-21-16(9-20)5-6-28(21)24(32)15-1-2-15/h3-4,7-9,11,15,17H,1-2,5-6,10,12-13H2,(H,27,31)/t17-/m0/s1. The van der Waals surface area contributed by atoms with Crippen molar-refractivity contribution in [2.75, 3.05) is 22.9 Å². The molecule has 32 heavy (non-hydrogen) atoms. The van der Waals surface area contributed by atoms with E-state index in [1.54, 1.807) is 4.90 Å². The Morgan fingerprint density at radius 3 is 2.50 bits per heavy atom. The van der Waals surface area contributed by atoms with E-state index >= 15 is 0 Å². The maximum Gasteiger partial charge on any atom is 0.230 e. The first-order valence-corrected chi connectivity index (χ1v) is 10.9. The quantitative estimate of drug-likeness (QED) is 0.779. The molecule has 1 saturated heterocycles. The van der Waals surface area contributed by atoms with Crippen LogP contribution in [0.4, 0.5) is 20.2 Å². The molecular formula is C24H23F2N3O3. The number of hydrogen-bond acceptors (Lipinski definition) is 3. The minimum Gasteiger partial charge on any atom is -0.352 e. The first-order chi connectivity index (χ1) is 15.4. The molecule has 0 radical (unpaired) electrons. The summed E-state index contributed by atoms with van der Waals surface area (Å²) in [6, 6.07) is 8.75. The summed E-state index contributed by atoms with van der Waals surface area (Å²) in [6.45, 7) is 0.890. The lowest BCUT2D eigenvalue weighted by Gasteiger charge is -2.20. The van der Waals surface area contributed by atoms with Crippen molar-refractivity contribution in [2.24, 2.45) is 11.8 Å². The molecular weight excluding hydrogens is 416 g/mol. The highest BCUT2D eigenvalue weighted by Crippen LogP contribution is 2.38. The number of carbonyl (C=O) groups excluding carboxylic acids is 3. The van der Waals surface area contributed by atoms with E-state index in [-0.39, 0.29) is 43.1 Å². The molecule has 3 amide bonds. The molecule has 1 atom stereocenters. The van der Waals surface area contributed by atoms with Crippen molar-refractivity contribution in [1.82, 2.24) is 5.32 Å². The van der Waals surface area contributed by atoms with Gasteiger partial charge in [0.15, 0.2) is 0 Å². The predicted molar refractivity (Wildman–Crippen MR) is 114 cm³/mol. The molecule has 8 heteroatoms. The molecule has 1 aliphatic carbocycles. The van der Waals surface area contributed by atoms with E-state index in [0.29, 0.717) is 12.1 Å². The van der Waals surface area contributed by atoms with Crippen LogP contribution >= 0.6 is 0 Å². The van der Waals surface area contributed by atoms with Gasteiger partial charge in [0.25, 0.3) is 0 Å². The number of rotatable bonds is 5. The summed E-state index contributed by atoms with van der Waals surface area (Å²) in [7, 11) is 0. The van der Waals surface area contributed by atoms with Gasteiger partial charge in [-0.05, 0) is 60.7 Å². The average Bonchev–Trinajstić information content (AvgIpc) is 3.41. The van der Waals surface area contributed by atoms with Crippen LogP contribution in [0.25, 0.3) is 0 Å². The van der Waals surface area contributed by atoms with Gasteiger partial charge in [-0.25, -0.2) is 8.78 Å². The third-order valence-corrected chi connectivity index (χ3v) is 6.35. The Hall–Kier alpha value is -3.29. The van der Waals surface area contributed by atoms with Crippen molar-refractivity contribution in [3.05, 3.63) is 59.2 Å². The van der Waals surface area contributed by atoms with E-state index in [9.17, 15) is 23.2 Å². The maximum absolute atomic E-state index is 13.3. The lowest BCUT2D eigenvalue weighted by atomic mass is 10.1. The topological polar surface area (TPSA) is 69.7 Å². The Bertz CT molecular complexity index is 1100. The van der Waals surface area contributed by atoms with E-state index in [1.807, 2.05) is 23.1 Å². The molecule has 2 fully saturated rings. The van der Waals surface area contributed by atoms with Gasteiger partial charge in [0, 0.05) is 49.4 Å². The van der Waals surface area contributed by atoms with Crippen molar-refractivity contribution in [2.45, 2.75) is 32.2 Å². The summed E-state index contributed by atoms with van der Waals surface area (Å²) >= 11 is 0. The molecule has 3 aliphatic rings. The van der Waals surface area contributed by atoms with Gasteiger partial charge in [0.1, 0.15) is 11.6 Å². The molecule has 0 spiro atoms. The number of halogens is 2. The smallest absolute Gasteiger partial charge is 0.230 e. The summed E-state index contributed by atoms with van der Waals surface area (Å²) in [5.74, 6) is -2.08. The second kappa shape index (κ2) is 8.00. The Morgan fingerprint density at radius 1 is 1.03 bits per heavy atom. The molecule has 0 bridgehead atoms. The van der Waals surface area contributed by atoms with Crippen LogP contribution in [0.2, 0.25) is 0 Å². The molecule has 2 aliphatic heterocycles. The maximum atomic E-state index is 13.3. The van der Waals surface area contributed by atoms with Crippen molar-refractivity contribution in [3.8, 4) is 0 Å². The molecule has 1 saturated carbocycles. The van der Waals surface area contributed by atoms with Crippen molar-refractivity contribution in [1.29, 1.82) is 0 Å². The van der Waals surface area contributed by atoms with Gasteiger partial charge in [-0.2, -0.15) is 0 Å². The van der Waals surface area contributed by atoms with Gasteiger partial charge in [0.2, 0.25) is 17.7 Å². The summed E-state index contributed by atoms with van der Waals surface area (Å²) in [6.07, 6.45) is 2.75. The zero-order valence-electron chi connectivity index (χ0n) is 17.4. The molecule has 166 valence electrons. The largest absolute Gasteiger partial charge is 0.352 e. The number of carbonyl (C=O) groups is 3. The highest BCUT2D eigenvalue weighted by Gasteiger charge is 2.38. The fourth-order valence-electron chi connectivity index (χ4n) is 4.51. The fourth-order valence-corrected chi connectivity index (χ4v) is 4.51. The first-order valence-electron chi connectivity index (χ1n) is 10.9. The van der Waals surface area contributed by atoms with Gasteiger partial charge in [0.05, 0.1) is 5.92 Å². The predicted octanol–water partition coefficient (Wildman–Crippen LogP) is 2.93. The van der Waals surface area contributed by atoms with Gasteiger partial charge in [-0.1, -0.05) is 0 Å². The third kappa shape index (κ3) is 3.97. The van der Waals surface area contributed by atoms with E-state index in [0.717, 1.165) is 54.4 Å². The minimum atomic E-state index is -0.703. The number of nitrogens with zero attached hydrogens (tertiary/aromatic N) is 2. The Kier molecular flexibility index (Phi) is 5.15. The molecule has 6 nitrogen and oxygen atoms in total. The number of amides is 3. The molecule has 2 heterocycles. The summed E-state index contributed by atoms with van der Waals surface area (Å²) in [4.78, 5) is 41.1. The van der Waals surface area contributed by atoms with E-state index in [1.165, 1.54) is 0 Å². The number of benzene rings is 2. The Morgan fingerprint density at radius 2 is 1.78 bits per heavy atom. The van der Waals surface area contributed by atoms with Crippen LogP contribution in [0, 0.1) is 23.5 Å². The summed E-state index contributed by atoms with van der Waals surface area (Å²) < 4.78 is 26.6. The number of hydrogen-bond donors (Lipinski definition) is 1. The van der Waals surface area contributed by atoms with Crippen molar-refractivity contribution >= 4 is 29.1 Å². The monoisotopic (exact) mass is 439 g/mol. The fraction of sp³-hybridized carbons (Fsp3) is 0.375. The highest BCUT2D eigenvalue weighted by atomic mass is 19.1. The molecule has 2 aromatic rings. The van der Waals surface area contributed by atoms with Crippen LogP contribution in [0.1, 0.15) is 30.4 Å². The average molecular weight is 439 g/mol. The van der Waals surface area contributed by atoms with E-state index < -0.39 is 17.6 Å². The van der Waals surface area contributed by atoms with Gasteiger partial charge < -0.3 is 15.1 Å². The van der Waals surface area contributed by atoms with Gasteiger partial charge in [-0.15, -0.1) is 0 Å². The molecule has 1 N–H and O–H groups in total. The van der Waals surface area contributed by atoms with Crippen LogP contribution in [-0.2, 0) is 27.3 Å². The second-order valence-corrected chi connectivity index (χ2v) is 8.73. The van der Waals surface area contributed by atoms with Crippen LogP contribution < -0.4 is 15.1 Å². The molecule has 0 aromatic heterocycles. The van der Waals surface area contributed by atoms with Crippen LogP contribution in [0.3, 0.4) is 0 Å². The summed E-state index contributed by atoms with van der Waals surface area (Å²) in [5, 5.41) is 2.67. The molecule has 2 aromatic carbocycles. The highest BCUT2D eigenvalue weighted by molar-refractivity contribution is 6.02. The second-order valence-electron chi connectivity index (χ2n) is 8.73. The Labute approximate surface area is 184 Å². The number of nitrogens with one attached hydrogen (secondary N) is 1. The zero-order chi connectivity index (χ0) is 22.4. The van der Waals surface area contributed by atoms with E-state index in [4.69, 9.17) is 0 Å². The molecule has 5 rings (SSSR count). The minimum absolute atomic E-state index is 0.0120. The number of anilines is 2. The zero-order valence-corrected chi connectivity index (χ0v) is 17.4. The van der Waals surface area contributed by atoms with Crippen molar-refractivity contribution in [3.63, 3.8) is 0 Å². The van der Waals surface area contributed by atoms with Crippen LogP contribution in [-0.4, -0.2) is 30.8 Å². The van der Waals surface area contributed by atoms with Crippen molar-refractivity contribution < 1.29 is 23.2 Å². The lowest BCUT2D eigenvalue weighted by molar-refractivity contribution is -0.126. The van der Waals surface area contributed by atoms with E-state index in [2.05, 4.69) is 5.32 Å². The summed E-state index contributed by atoms with van der Waals surface area (Å²) in [5.41, 5.74) is 2.98. The van der Waals surface area contributed by atoms with Crippen LogP contribution in [0.15, 0.2) is 36.4 Å². The lowest BCUT2D eigenvalue weighted by Crippen LogP contribution is -2.32. The van der Waals surface area contributed by atoms with Gasteiger partial charge >= 0.3 is 0 Å². The Balaban J connectivity index is 1.24.